The van der Waals surface area contributed by atoms with Gasteiger partial charge in [-0.15, -0.1) is 0 Å². The van der Waals surface area contributed by atoms with Crippen molar-refractivity contribution >= 4 is 16.9 Å². The highest BCUT2D eigenvalue weighted by atomic mass is 16.5. The van der Waals surface area contributed by atoms with Gasteiger partial charge in [-0.1, -0.05) is 6.07 Å². The number of nitrogens with zero attached hydrogens (tertiary/aromatic N) is 1. The first-order chi connectivity index (χ1) is 14.8. The summed E-state index contributed by atoms with van der Waals surface area (Å²) in [4.78, 5) is 20.2. The number of benzene rings is 1. The van der Waals surface area contributed by atoms with Crippen LogP contribution in [0.25, 0.3) is 22.2 Å². The highest BCUT2D eigenvalue weighted by molar-refractivity contribution is 5.93. The smallest absolute Gasteiger partial charge is 0.227 e. The van der Waals surface area contributed by atoms with E-state index in [0.29, 0.717) is 12.6 Å². The number of hydrogen-bond acceptors (Lipinski definition) is 4. The van der Waals surface area contributed by atoms with Crippen LogP contribution < -0.4 is 10.6 Å². The average Bonchev–Trinajstić information content (AvgIpc) is 3.53. The van der Waals surface area contributed by atoms with Crippen LogP contribution >= 0.6 is 0 Å². The third kappa shape index (κ3) is 2.94. The molecule has 6 heteroatoms. The van der Waals surface area contributed by atoms with Crippen LogP contribution in [0.3, 0.4) is 0 Å². The van der Waals surface area contributed by atoms with Gasteiger partial charge < -0.3 is 20.4 Å². The number of pyridine rings is 1. The predicted octanol–water partition coefficient (Wildman–Crippen LogP) is 3.33. The first kappa shape index (κ1) is 18.1. The normalized spacial score (nSPS) is 23.7. The Morgan fingerprint density at radius 1 is 1.07 bits per heavy atom. The molecule has 3 aromatic rings. The summed E-state index contributed by atoms with van der Waals surface area (Å²) in [5.41, 5.74) is 8.35. The SMILES string of the molecule is O=C1NCCC1c1c[nH]c2ncc(-c3cc4c(c([C@@H]5CCCN5)c3)COCC4)cc12. The van der Waals surface area contributed by atoms with Gasteiger partial charge >= 0.3 is 0 Å². The molecule has 0 saturated carbocycles. The van der Waals surface area contributed by atoms with Gasteiger partial charge in [-0.3, -0.25) is 4.79 Å². The van der Waals surface area contributed by atoms with E-state index in [4.69, 9.17) is 4.74 Å². The molecule has 1 aromatic carbocycles. The van der Waals surface area contributed by atoms with Gasteiger partial charge in [0.2, 0.25) is 5.91 Å². The van der Waals surface area contributed by atoms with Gasteiger partial charge in [-0.25, -0.2) is 4.98 Å². The molecular weight excluding hydrogens is 376 g/mol. The van der Waals surface area contributed by atoms with Crippen LogP contribution in [0.15, 0.2) is 30.6 Å². The topological polar surface area (TPSA) is 79.0 Å². The van der Waals surface area contributed by atoms with Crippen molar-refractivity contribution in [3.05, 3.63) is 52.8 Å². The molecule has 2 saturated heterocycles. The zero-order chi connectivity index (χ0) is 20.1. The average molecular weight is 402 g/mol. The number of carbonyl (C=O) groups is 1. The molecule has 0 bridgehead atoms. The second-order valence-corrected chi connectivity index (χ2v) is 8.65. The molecule has 2 atom stereocenters. The maximum Gasteiger partial charge on any atom is 0.227 e. The third-order valence-electron chi connectivity index (χ3n) is 6.90. The molecule has 3 aliphatic rings. The van der Waals surface area contributed by atoms with Gasteiger partial charge in [0.1, 0.15) is 5.65 Å². The molecule has 30 heavy (non-hydrogen) atoms. The number of H-pyrrole nitrogens is 1. The summed E-state index contributed by atoms with van der Waals surface area (Å²) in [5.74, 6) is 0.0272. The zero-order valence-electron chi connectivity index (χ0n) is 17.0. The highest BCUT2D eigenvalue weighted by Gasteiger charge is 2.29. The van der Waals surface area contributed by atoms with Crippen molar-refractivity contribution in [2.75, 3.05) is 19.7 Å². The van der Waals surface area contributed by atoms with E-state index in [2.05, 4.69) is 38.8 Å². The molecule has 3 aliphatic heterocycles. The summed E-state index contributed by atoms with van der Waals surface area (Å²) in [6, 6.07) is 7.25. The summed E-state index contributed by atoms with van der Waals surface area (Å²) < 4.78 is 5.79. The van der Waals surface area contributed by atoms with E-state index in [1.54, 1.807) is 0 Å². The largest absolute Gasteiger partial charge is 0.376 e. The van der Waals surface area contributed by atoms with Crippen molar-refractivity contribution in [3.63, 3.8) is 0 Å². The Labute approximate surface area is 175 Å². The van der Waals surface area contributed by atoms with Crippen LogP contribution in [0, 0.1) is 0 Å². The van der Waals surface area contributed by atoms with Crippen LogP contribution in [0.1, 0.15) is 53.5 Å². The molecule has 1 amide bonds. The monoisotopic (exact) mass is 402 g/mol. The van der Waals surface area contributed by atoms with Gasteiger partial charge in [-0.05, 0) is 72.2 Å². The molecule has 1 unspecified atom stereocenters. The van der Waals surface area contributed by atoms with E-state index < -0.39 is 0 Å². The van der Waals surface area contributed by atoms with Crippen molar-refractivity contribution in [2.24, 2.45) is 0 Å². The number of ether oxygens (including phenoxy) is 1. The highest BCUT2D eigenvalue weighted by Crippen LogP contribution is 2.37. The van der Waals surface area contributed by atoms with Gasteiger partial charge in [0.25, 0.3) is 0 Å². The fourth-order valence-electron chi connectivity index (χ4n) is 5.30. The maximum absolute atomic E-state index is 12.3. The fourth-order valence-corrected chi connectivity index (χ4v) is 5.30. The molecule has 0 radical (unpaired) electrons. The summed E-state index contributed by atoms with van der Waals surface area (Å²) >= 11 is 0. The van der Waals surface area contributed by atoms with E-state index in [0.717, 1.165) is 54.7 Å². The summed E-state index contributed by atoms with van der Waals surface area (Å²) in [7, 11) is 0. The minimum Gasteiger partial charge on any atom is -0.376 e. The van der Waals surface area contributed by atoms with Crippen LogP contribution in [-0.4, -0.2) is 35.6 Å². The Balaban J connectivity index is 1.47. The lowest BCUT2D eigenvalue weighted by molar-refractivity contribution is -0.120. The zero-order valence-corrected chi connectivity index (χ0v) is 17.0. The number of nitrogens with one attached hydrogen (secondary N) is 3. The maximum atomic E-state index is 12.3. The first-order valence-corrected chi connectivity index (χ1v) is 11.0. The van der Waals surface area contributed by atoms with Gasteiger partial charge in [0.15, 0.2) is 0 Å². The Morgan fingerprint density at radius 3 is 2.87 bits per heavy atom. The van der Waals surface area contributed by atoms with Crippen LogP contribution in [0.2, 0.25) is 0 Å². The quantitative estimate of drug-likeness (QED) is 0.628. The predicted molar refractivity (Wildman–Crippen MR) is 115 cm³/mol. The first-order valence-electron chi connectivity index (χ1n) is 11.0. The molecule has 6 rings (SSSR count). The van der Waals surface area contributed by atoms with Crippen LogP contribution in [-0.2, 0) is 22.6 Å². The van der Waals surface area contributed by atoms with Crippen LogP contribution in [0.5, 0.6) is 0 Å². The van der Waals surface area contributed by atoms with E-state index in [1.165, 1.54) is 35.1 Å². The molecule has 2 fully saturated rings. The van der Waals surface area contributed by atoms with E-state index in [1.807, 2.05) is 12.4 Å². The second-order valence-electron chi connectivity index (χ2n) is 8.65. The number of rotatable bonds is 3. The number of aromatic nitrogens is 2. The van der Waals surface area contributed by atoms with E-state index in [-0.39, 0.29) is 11.8 Å². The summed E-state index contributed by atoms with van der Waals surface area (Å²) in [6.07, 6.45) is 8.09. The molecule has 0 aliphatic carbocycles. The van der Waals surface area contributed by atoms with Crippen molar-refractivity contribution in [2.45, 2.75) is 44.2 Å². The molecular formula is C24H26N4O2. The Kier molecular flexibility index (Phi) is 4.35. The van der Waals surface area contributed by atoms with Crippen molar-refractivity contribution < 1.29 is 9.53 Å². The van der Waals surface area contributed by atoms with Gasteiger partial charge in [0.05, 0.1) is 19.1 Å². The standard InChI is InChI=1S/C24H26N4O2/c29-24-17(3-6-26-24)20-12-28-23-19(20)10-16(11-27-23)15-8-14-4-7-30-13-21(14)18(9-15)22-2-1-5-25-22/h8-12,17,22,25H,1-7,13H2,(H,26,29)(H,27,28)/t17?,22-/m0/s1. The molecule has 5 heterocycles. The Bertz CT molecular complexity index is 1130. The summed E-state index contributed by atoms with van der Waals surface area (Å²) in [5, 5.41) is 7.66. The second kappa shape index (κ2) is 7.22. The lowest BCUT2D eigenvalue weighted by Gasteiger charge is -2.24. The minimum absolute atomic E-state index is 0.0882. The lowest BCUT2D eigenvalue weighted by atomic mass is 9.88. The van der Waals surface area contributed by atoms with E-state index in [9.17, 15) is 4.79 Å². The van der Waals surface area contributed by atoms with Gasteiger partial charge in [-0.2, -0.15) is 0 Å². The number of fused-ring (bicyclic) bond motifs is 2. The third-order valence-corrected chi connectivity index (χ3v) is 6.90. The lowest BCUT2D eigenvalue weighted by Crippen LogP contribution is -2.19. The number of amides is 1. The van der Waals surface area contributed by atoms with Crippen molar-refractivity contribution in [3.8, 4) is 11.1 Å². The van der Waals surface area contributed by atoms with E-state index >= 15 is 0 Å². The Morgan fingerprint density at radius 2 is 2.03 bits per heavy atom. The Hall–Kier alpha value is -2.70. The number of hydrogen-bond donors (Lipinski definition) is 3. The minimum atomic E-state index is -0.0882. The molecule has 154 valence electrons. The molecule has 0 spiro atoms. The fraction of sp³-hybridized carbons (Fsp3) is 0.417. The number of aromatic amines is 1. The van der Waals surface area contributed by atoms with Crippen LogP contribution in [0.4, 0.5) is 0 Å². The number of carbonyl (C=O) groups excluding carboxylic acids is 1. The molecule has 3 N–H and O–H groups in total. The molecule has 6 nitrogen and oxygen atoms in total. The van der Waals surface area contributed by atoms with Gasteiger partial charge in [0, 0.05) is 35.9 Å². The summed E-state index contributed by atoms with van der Waals surface area (Å²) in [6.45, 7) is 3.31. The van der Waals surface area contributed by atoms with Crippen molar-refractivity contribution in [1.82, 2.24) is 20.6 Å². The molecule has 2 aromatic heterocycles. The van der Waals surface area contributed by atoms with Crippen molar-refractivity contribution in [1.29, 1.82) is 0 Å².